The molecule has 3 rings (SSSR count). The third-order valence-electron chi connectivity index (χ3n) is 3.32. The van der Waals surface area contributed by atoms with Crippen LogP contribution in [0.2, 0.25) is 0 Å². The van der Waals surface area contributed by atoms with Crippen LogP contribution in [0.5, 0.6) is 0 Å². The van der Waals surface area contributed by atoms with Gasteiger partial charge in [0.05, 0.1) is 5.69 Å². The maximum atomic E-state index is 5.43. The van der Waals surface area contributed by atoms with E-state index in [2.05, 4.69) is 25.1 Å². The number of hydrogen-bond acceptors (Lipinski definition) is 6. The van der Waals surface area contributed by atoms with E-state index in [1.807, 2.05) is 25.8 Å². The van der Waals surface area contributed by atoms with Gasteiger partial charge in [0.15, 0.2) is 17.2 Å². The fourth-order valence-corrected chi connectivity index (χ4v) is 2.25. The Hall–Kier alpha value is -2.44. The summed E-state index contributed by atoms with van der Waals surface area (Å²) in [4.78, 5) is 14.8. The molecule has 7 heteroatoms. The van der Waals surface area contributed by atoms with Crippen LogP contribution in [0.1, 0.15) is 22.8 Å². The molecular formula is C13H16N6O. The summed E-state index contributed by atoms with van der Waals surface area (Å²) in [7, 11) is 1.97. The molecule has 0 bridgehead atoms. The molecule has 0 aliphatic heterocycles. The molecule has 0 fully saturated rings. The normalized spacial score (nSPS) is 11.2. The van der Waals surface area contributed by atoms with Gasteiger partial charge in [-0.2, -0.15) is 10.1 Å². The maximum Gasteiger partial charge on any atom is 0.252 e. The van der Waals surface area contributed by atoms with Crippen molar-refractivity contribution in [2.75, 3.05) is 11.9 Å². The first-order valence-corrected chi connectivity index (χ1v) is 6.36. The summed E-state index contributed by atoms with van der Waals surface area (Å²) < 4.78 is 5.43. The molecule has 0 saturated carbocycles. The number of nitrogens with zero attached hydrogens (tertiary/aromatic N) is 5. The fraction of sp³-hybridized carbons (Fsp3) is 0.385. The highest BCUT2D eigenvalue weighted by molar-refractivity contribution is 5.81. The average molecular weight is 272 g/mol. The van der Waals surface area contributed by atoms with Gasteiger partial charge in [-0.05, 0) is 13.8 Å². The Morgan fingerprint density at radius 2 is 2.05 bits per heavy atom. The van der Waals surface area contributed by atoms with Crippen molar-refractivity contribution in [2.45, 2.75) is 27.3 Å². The van der Waals surface area contributed by atoms with Crippen LogP contribution in [0.4, 0.5) is 5.82 Å². The van der Waals surface area contributed by atoms with E-state index < -0.39 is 0 Å². The topological polar surface area (TPSA) is 83.7 Å². The van der Waals surface area contributed by atoms with Crippen molar-refractivity contribution >= 4 is 17.0 Å². The molecule has 0 atom stereocenters. The van der Waals surface area contributed by atoms with Crippen molar-refractivity contribution in [1.29, 1.82) is 0 Å². The van der Waals surface area contributed by atoms with E-state index in [4.69, 9.17) is 4.42 Å². The number of H-pyrrole nitrogens is 1. The van der Waals surface area contributed by atoms with Gasteiger partial charge in [-0.1, -0.05) is 0 Å². The predicted octanol–water partition coefficient (Wildman–Crippen LogP) is 1.90. The van der Waals surface area contributed by atoms with E-state index in [1.165, 1.54) is 11.9 Å². The molecule has 20 heavy (non-hydrogen) atoms. The van der Waals surface area contributed by atoms with Crippen molar-refractivity contribution in [3.8, 4) is 0 Å². The third kappa shape index (κ3) is 2.01. The first-order chi connectivity index (χ1) is 9.56. The minimum Gasteiger partial charge on any atom is -0.422 e. The number of aromatic amines is 1. The molecule has 0 saturated heterocycles. The number of oxazole rings is 1. The lowest BCUT2D eigenvalue weighted by Crippen LogP contribution is -2.19. The number of rotatable bonds is 3. The van der Waals surface area contributed by atoms with Crippen LogP contribution in [0.3, 0.4) is 0 Å². The van der Waals surface area contributed by atoms with Crippen molar-refractivity contribution in [3.63, 3.8) is 0 Å². The van der Waals surface area contributed by atoms with E-state index in [9.17, 15) is 0 Å². The molecular weight excluding hydrogens is 256 g/mol. The zero-order valence-corrected chi connectivity index (χ0v) is 11.9. The zero-order valence-electron chi connectivity index (χ0n) is 11.9. The van der Waals surface area contributed by atoms with Gasteiger partial charge < -0.3 is 9.32 Å². The van der Waals surface area contributed by atoms with Crippen LogP contribution < -0.4 is 4.90 Å². The lowest BCUT2D eigenvalue weighted by Gasteiger charge is -2.17. The molecule has 0 unspecified atom stereocenters. The quantitative estimate of drug-likeness (QED) is 0.784. The SMILES string of the molecule is Cc1nc2c(N(C)Cc3c(C)n[nH]c3C)ncnc2o1. The summed E-state index contributed by atoms with van der Waals surface area (Å²) in [6.45, 7) is 6.50. The summed E-state index contributed by atoms with van der Waals surface area (Å²) >= 11 is 0. The summed E-state index contributed by atoms with van der Waals surface area (Å²) in [6, 6.07) is 0. The van der Waals surface area contributed by atoms with Crippen molar-refractivity contribution in [3.05, 3.63) is 29.2 Å². The molecule has 0 aliphatic carbocycles. The van der Waals surface area contributed by atoms with E-state index in [0.717, 1.165) is 17.2 Å². The Labute approximate surface area is 116 Å². The summed E-state index contributed by atoms with van der Waals surface area (Å²) in [5.74, 6) is 1.35. The van der Waals surface area contributed by atoms with E-state index in [-0.39, 0.29) is 0 Å². The second-order valence-corrected chi connectivity index (χ2v) is 4.85. The smallest absolute Gasteiger partial charge is 0.252 e. The Kier molecular flexibility index (Phi) is 2.89. The summed E-state index contributed by atoms with van der Waals surface area (Å²) in [6.07, 6.45) is 1.49. The second-order valence-electron chi connectivity index (χ2n) is 4.85. The van der Waals surface area contributed by atoms with Crippen molar-refractivity contribution in [1.82, 2.24) is 25.1 Å². The van der Waals surface area contributed by atoms with E-state index in [0.29, 0.717) is 23.7 Å². The number of anilines is 1. The monoisotopic (exact) mass is 272 g/mol. The highest BCUT2D eigenvalue weighted by atomic mass is 16.4. The van der Waals surface area contributed by atoms with Crippen LogP contribution in [-0.2, 0) is 6.54 Å². The number of fused-ring (bicyclic) bond motifs is 1. The van der Waals surface area contributed by atoms with Gasteiger partial charge >= 0.3 is 0 Å². The second kappa shape index (κ2) is 4.59. The summed E-state index contributed by atoms with van der Waals surface area (Å²) in [5.41, 5.74) is 4.43. The van der Waals surface area contributed by atoms with Gasteiger partial charge in [0.2, 0.25) is 0 Å². The van der Waals surface area contributed by atoms with Crippen LogP contribution in [0, 0.1) is 20.8 Å². The Bertz CT molecular complexity index is 740. The third-order valence-corrected chi connectivity index (χ3v) is 3.32. The first kappa shape index (κ1) is 12.6. The van der Waals surface area contributed by atoms with Gasteiger partial charge in [0, 0.05) is 31.8 Å². The van der Waals surface area contributed by atoms with Gasteiger partial charge in [-0.15, -0.1) is 0 Å². The zero-order chi connectivity index (χ0) is 14.3. The molecule has 1 N–H and O–H groups in total. The van der Waals surface area contributed by atoms with Gasteiger partial charge in [0.25, 0.3) is 5.71 Å². The minimum atomic E-state index is 0.514. The molecule has 3 heterocycles. The molecule has 0 aliphatic rings. The lowest BCUT2D eigenvalue weighted by atomic mass is 10.2. The molecule has 0 aromatic carbocycles. The van der Waals surface area contributed by atoms with Crippen LogP contribution >= 0.6 is 0 Å². The lowest BCUT2D eigenvalue weighted by molar-refractivity contribution is 0.551. The number of hydrogen-bond donors (Lipinski definition) is 1. The van der Waals surface area contributed by atoms with Crippen molar-refractivity contribution in [2.24, 2.45) is 0 Å². The highest BCUT2D eigenvalue weighted by Crippen LogP contribution is 2.24. The van der Waals surface area contributed by atoms with Gasteiger partial charge in [-0.25, -0.2) is 9.97 Å². The van der Waals surface area contributed by atoms with Gasteiger partial charge in [-0.3, -0.25) is 5.10 Å². The molecule has 3 aromatic heterocycles. The van der Waals surface area contributed by atoms with Crippen LogP contribution in [-0.4, -0.2) is 32.2 Å². The minimum absolute atomic E-state index is 0.514. The number of aryl methyl sites for hydroxylation is 3. The van der Waals surface area contributed by atoms with Gasteiger partial charge in [0.1, 0.15) is 6.33 Å². The Morgan fingerprint density at radius 3 is 2.75 bits per heavy atom. The van der Waals surface area contributed by atoms with E-state index >= 15 is 0 Å². The van der Waals surface area contributed by atoms with Crippen LogP contribution in [0.15, 0.2) is 10.7 Å². The van der Waals surface area contributed by atoms with Crippen molar-refractivity contribution < 1.29 is 4.42 Å². The largest absolute Gasteiger partial charge is 0.422 e. The molecule has 104 valence electrons. The molecule has 0 amide bonds. The number of aromatic nitrogens is 5. The van der Waals surface area contributed by atoms with Crippen LogP contribution in [0.25, 0.3) is 11.2 Å². The molecule has 7 nitrogen and oxygen atoms in total. The maximum absolute atomic E-state index is 5.43. The Balaban J connectivity index is 1.98. The standard InChI is InChI=1S/C13H16N6O/c1-7-10(8(2)18-17-7)5-19(4)12-11-13(15-6-14-12)20-9(3)16-11/h6H,5H2,1-4H3,(H,17,18). The average Bonchev–Trinajstić information content (AvgIpc) is 2.94. The first-order valence-electron chi connectivity index (χ1n) is 6.36. The predicted molar refractivity (Wildman–Crippen MR) is 74.5 cm³/mol. The number of nitrogens with one attached hydrogen (secondary N) is 1. The highest BCUT2D eigenvalue weighted by Gasteiger charge is 2.16. The molecule has 3 aromatic rings. The fourth-order valence-electron chi connectivity index (χ4n) is 2.25. The molecule has 0 radical (unpaired) electrons. The molecule has 0 spiro atoms. The summed E-state index contributed by atoms with van der Waals surface area (Å²) in [5, 5.41) is 7.20. The van der Waals surface area contributed by atoms with E-state index in [1.54, 1.807) is 6.92 Å². The Morgan fingerprint density at radius 1 is 1.25 bits per heavy atom.